The summed E-state index contributed by atoms with van der Waals surface area (Å²) < 4.78 is 5.36. The molecule has 0 unspecified atom stereocenters. The molecule has 0 spiro atoms. The van der Waals surface area contributed by atoms with Gasteiger partial charge in [0.2, 0.25) is 5.88 Å². The average molecular weight is 437 g/mol. The van der Waals surface area contributed by atoms with Crippen molar-refractivity contribution in [3.8, 4) is 17.1 Å². The molecule has 0 amide bonds. The van der Waals surface area contributed by atoms with Gasteiger partial charge in [-0.25, -0.2) is 9.97 Å². The van der Waals surface area contributed by atoms with Crippen molar-refractivity contribution in [2.75, 3.05) is 37.7 Å². The Bertz CT molecular complexity index is 647. The van der Waals surface area contributed by atoms with E-state index in [1.807, 2.05) is 31.5 Å². The highest BCUT2D eigenvalue weighted by molar-refractivity contribution is 5.86. The van der Waals surface area contributed by atoms with Crippen LogP contribution in [0.5, 0.6) is 5.88 Å². The first-order valence-corrected chi connectivity index (χ1v) is 8.57. The number of piperazine rings is 1. The van der Waals surface area contributed by atoms with Crippen LogP contribution in [0.3, 0.4) is 0 Å². The molecule has 1 fully saturated rings. The number of halogens is 3. The highest BCUT2D eigenvalue weighted by Crippen LogP contribution is 2.20. The summed E-state index contributed by atoms with van der Waals surface area (Å²) >= 11 is 0. The fourth-order valence-corrected chi connectivity index (χ4v) is 2.87. The van der Waals surface area contributed by atoms with Gasteiger partial charge in [0.1, 0.15) is 5.82 Å². The van der Waals surface area contributed by atoms with E-state index in [1.165, 1.54) is 0 Å². The Morgan fingerprint density at radius 1 is 0.926 bits per heavy atom. The van der Waals surface area contributed by atoms with E-state index in [0.29, 0.717) is 18.5 Å². The van der Waals surface area contributed by atoms with Crippen molar-refractivity contribution in [3.05, 3.63) is 30.7 Å². The highest BCUT2D eigenvalue weighted by atomic mass is 35.5. The Balaban J connectivity index is 0.00000225. The second-order valence-corrected chi connectivity index (χ2v) is 6.19. The SMILES string of the molecule is CCOc1ccc(-c2cnc(N3CCN(C(C)C)CC3)cn2)cn1.Cl.Cl.Cl. The van der Waals surface area contributed by atoms with E-state index in [-0.39, 0.29) is 37.2 Å². The van der Waals surface area contributed by atoms with Crippen molar-refractivity contribution in [2.24, 2.45) is 0 Å². The average Bonchev–Trinajstić information content (AvgIpc) is 2.63. The van der Waals surface area contributed by atoms with Crippen LogP contribution in [0.15, 0.2) is 30.7 Å². The van der Waals surface area contributed by atoms with Gasteiger partial charge in [-0.3, -0.25) is 9.88 Å². The minimum absolute atomic E-state index is 0. The molecule has 1 aliphatic heterocycles. The Morgan fingerprint density at radius 3 is 2.11 bits per heavy atom. The molecule has 0 radical (unpaired) electrons. The van der Waals surface area contributed by atoms with Gasteiger partial charge in [-0.05, 0) is 26.8 Å². The first-order valence-electron chi connectivity index (χ1n) is 8.57. The molecule has 1 saturated heterocycles. The van der Waals surface area contributed by atoms with Crippen LogP contribution in [0.4, 0.5) is 5.82 Å². The number of hydrogen-bond acceptors (Lipinski definition) is 6. The number of anilines is 1. The second-order valence-electron chi connectivity index (χ2n) is 6.19. The van der Waals surface area contributed by atoms with E-state index < -0.39 is 0 Å². The summed E-state index contributed by atoms with van der Waals surface area (Å²) in [6, 6.07) is 4.43. The van der Waals surface area contributed by atoms with E-state index in [2.05, 4.69) is 38.6 Å². The van der Waals surface area contributed by atoms with Gasteiger partial charge in [0.05, 0.1) is 24.7 Å². The molecule has 2 aromatic heterocycles. The Labute approximate surface area is 180 Å². The molecule has 0 N–H and O–H groups in total. The first-order chi connectivity index (χ1) is 11.7. The van der Waals surface area contributed by atoms with Crippen LogP contribution in [-0.4, -0.2) is 58.7 Å². The number of pyridine rings is 1. The third-order valence-electron chi connectivity index (χ3n) is 4.33. The predicted molar refractivity (Wildman–Crippen MR) is 117 cm³/mol. The standard InChI is InChI=1S/C18H25N5O.3ClH/c1-4-24-18-6-5-15(11-21-18)16-12-20-17(13-19-16)23-9-7-22(8-10-23)14(2)3;;;/h5-6,11-14H,4,7-10H2,1-3H3;3*1H. The van der Waals surface area contributed by atoms with Gasteiger partial charge in [0, 0.05) is 50.0 Å². The third-order valence-corrected chi connectivity index (χ3v) is 4.33. The first kappa shape index (κ1) is 25.7. The zero-order valence-corrected chi connectivity index (χ0v) is 18.3. The molecule has 9 heteroatoms. The largest absolute Gasteiger partial charge is 0.478 e. The number of aromatic nitrogens is 3. The molecule has 152 valence electrons. The fraction of sp³-hybridized carbons (Fsp3) is 0.500. The van der Waals surface area contributed by atoms with Gasteiger partial charge in [-0.1, -0.05) is 0 Å². The van der Waals surface area contributed by atoms with Crippen LogP contribution < -0.4 is 9.64 Å². The number of ether oxygens (including phenoxy) is 1. The summed E-state index contributed by atoms with van der Waals surface area (Å²) in [6.45, 7) is 11.2. The second kappa shape index (κ2) is 12.2. The van der Waals surface area contributed by atoms with Crippen LogP contribution in [0.2, 0.25) is 0 Å². The molecule has 0 aliphatic carbocycles. The van der Waals surface area contributed by atoms with E-state index >= 15 is 0 Å². The van der Waals surface area contributed by atoms with E-state index in [0.717, 1.165) is 43.3 Å². The summed E-state index contributed by atoms with van der Waals surface area (Å²) in [4.78, 5) is 18.2. The molecular weight excluding hydrogens is 409 g/mol. The van der Waals surface area contributed by atoms with Gasteiger partial charge in [0.15, 0.2) is 0 Å². The van der Waals surface area contributed by atoms with E-state index in [1.54, 1.807) is 6.20 Å². The molecule has 2 aromatic rings. The lowest BCUT2D eigenvalue weighted by Gasteiger charge is -2.37. The van der Waals surface area contributed by atoms with Gasteiger partial charge in [0.25, 0.3) is 0 Å². The summed E-state index contributed by atoms with van der Waals surface area (Å²) in [7, 11) is 0. The molecule has 3 rings (SSSR count). The molecule has 27 heavy (non-hydrogen) atoms. The zero-order chi connectivity index (χ0) is 16.9. The zero-order valence-electron chi connectivity index (χ0n) is 15.9. The smallest absolute Gasteiger partial charge is 0.213 e. The van der Waals surface area contributed by atoms with Crippen molar-refractivity contribution in [1.29, 1.82) is 0 Å². The minimum atomic E-state index is 0. The quantitative estimate of drug-likeness (QED) is 0.712. The molecule has 0 aromatic carbocycles. The number of rotatable bonds is 5. The minimum Gasteiger partial charge on any atom is -0.478 e. The highest BCUT2D eigenvalue weighted by Gasteiger charge is 2.19. The van der Waals surface area contributed by atoms with Gasteiger partial charge in [-0.15, -0.1) is 37.2 Å². The van der Waals surface area contributed by atoms with Crippen LogP contribution in [0.25, 0.3) is 11.3 Å². The van der Waals surface area contributed by atoms with Crippen LogP contribution >= 0.6 is 37.2 Å². The van der Waals surface area contributed by atoms with Crippen LogP contribution in [0, 0.1) is 0 Å². The van der Waals surface area contributed by atoms with E-state index in [4.69, 9.17) is 4.74 Å². The Morgan fingerprint density at radius 2 is 1.63 bits per heavy atom. The lowest BCUT2D eigenvalue weighted by atomic mass is 10.2. The normalized spacial score (nSPS) is 14.0. The summed E-state index contributed by atoms with van der Waals surface area (Å²) in [6.07, 6.45) is 5.45. The molecule has 0 atom stereocenters. The lowest BCUT2D eigenvalue weighted by molar-refractivity contribution is 0.209. The van der Waals surface area contributed by atoms with Crippen molar-refractivity contribution in [3.63, 3.8) is 0 Å². The van der Waals surface area contributed by atoms with Crippen molar-refractivity contribution >= 4 is 43.0 Å². The lowest BCUT2D eigenvalue weighted by Crippen LogP contribution is -2.49. The Hall–Kier alpha value is -1.34. The Kier molecular flexibility index (Phi) is 11.6. The molecule has 0 saturated carbocycles. The third kappa shape index (κ3) is 6.64. The molecule has 0 bridgehead atoms. The maximum absolute atomic E-state index is 5.36. The van der Waals surface area contributed by atoms with Crippen LogP contribution in [0.1, 0.15) is 20.8 Å². The predicted octanol–water partition coefficient (Wildman–Crippen LogP) is 3.73. The van der Waals surface area contributed by atoms with Gasteiger partial charge < -0.3 is 9.64 Å². The summed E-state index contributed by atoms with van der Waals surface area (Å²) in [5, 5.41) is 0. The summed E-state index contributed by atoms with van der Waals surface area (Å²) in [5.41, 5.74) is 1.78. The van der Waals surface area contributed by atoms with Gasteiger partial charge >= 0.3 is 0 Å². The summed E-state index contributed by atoms with van der Waals surface area (Å²) in [5.74, 6) is 1.58. The number of hydrogen-bond donors (Lipinski definition) is 0. The van der Waals surface area contributed by atoms with Crippen molar-refractivity contribution in [1.82, 2.24) is 19.9 Å². The van der Waals surface area contributed by atoms with Crippen LogP contribution in [-0.2, 0) is 0 Å². The molecule has 1 aliphatic rings. The number of nitrogens with zero attached hydrogens (tertiary/aromatic N) is 5. The monoisotopic (exact) mass is 435 g/mol. The topological polar surface area (TPSA) is 54.4 Å². The maximum Gasteiger partial charge on any atom is 0.213 e. The van der Waals surface area contributed by atoms with Crippen molar-refractivity contribution in [2.45, 2.75) is 26.8 Å². The maximum atomic E-state index is 5.36. The fourth-order valence-electron chi connectivity index (χ4n) is 2.87. The van der Waals surface area contributed by atoms with Crippen molar-refractivity contribution < 1.29 is 4.74 Å². The van der Waals surface area contributed by atoms with E-state index in [9.17, 15) is 0 Å². The molecular formula is C18H28Cl3N5O. The molecule has 6 nitrogen and oxygen atoms in total. The molecule has 3 heterocycles. The van der Waals surface area contributed by atoms with Gasteiger partial charge in [-0.2, -0.15) is 0 Å².